The first kappa shape index (κ1) is 14.7. The number of carbonyl (C=O) groups is 1. The van der Waals surface area contributed by atoms with E-state index >= 15 is 0 Å². The minimum absolute atomic E-state index is 0.338. The van der Waals surface area contributed by atoms with Gasteiger partial charge in [0, 0.05) is 19.1 Å². The second-order valence-corrected chi connectivity index (χ2v) is 4.87. The van der Waals surface area contributed by atoms with E-state index < -0.39 is 0 Å². The van der Waals surface area contributed by atoms with Gasteiger partial charge in [-0.25, -0.2) is 0 Å². The van der Waals surface area contributed by atoms with E-state index in [2.05, 4.69) is 11.8 Å². The van der Waals surface area contributed by atoms with Gasteiger partial charge in [-0.3, -0.25) is 9.69 Å². The number of hydrogen-bond donors (Lipinski definition) is 0. The first-order valence-corrected chi connectivity index (χ1v) is 7.10. The van der Waals surface area contributed by atoms with Crippen LogP contribution in [-0.2, 0) is 9.53 Å². The number of likely N-dealkylation sites (N-methyl/N-ethyl adjacent to an activating group) is 1. The Bertz CT molecular complexity index is 212. The third-order valence-electron chi connectivity index (χ3n) is 3.64. The molecule has 3 heteroatoms. The topological polar surface area (TPSA) is 29.5 Å². The van der Waals surface area contributed by atoms with E-state index in [-0.39, 0.29) is 0 Å². The van der Waals surface area contributed by atoms with Crippen LogP contribution >= 0.6 is 0 Å². The van der Waals surface area contributed by atoms with Gasteiger partial charge >= 0.3 is 0 Å². The average Bonchev–Trinajstić information content (AvgIpc) is 2.38. The van der Waals surface area contributed by atoms with Gasteiger partial charge in [0.05, 0.1) is 13.2 Å². The Balaban J connectivity index is 2.25. The summed E-state index contributed by atoms with van der Waals surface area (Å²) in [4.78, 5) is 14.3. The smallest absolute Gasteiger partial charge is 0.149 e. The zero-order valence-electron chi connectivity index (χ0n) is 11.4. The van der Waals surface area contributed by atoms with Gasteiger partial charge < -0.3 is 4.74 Å². The first-order valence-electron chi connectivity index (χ1n) is 7.10. The lowest BCUT2D eigenvalue weighted by Crippen LogP contribution is -2.36. The molecule has 0 atom stereocenters. The molecule has 0 N–H and O–H groups in total. The van der Waals surface area contributed by atoms with Gasteiger partial charge in [-0.05, 0) is 26.3 Å². The predicted molar refractivity (Wildman–Crippen MR) is 70.2 cm³/mol. The molecular formula is C14H27NO2. The molecule has 0 aromatic heterocycles. The van der Waals surface area contributed by atoms with E-state index in [9.17, 15) is 4.79 Å². The van der Waals surface area contributed by atoms with Crippen LogP contribution in [0.5, 0.6) is 0 Å². The summed E-state index contributed by atoms with van der Waals surface area (Å²) in [5.74, 6) is 0.785. The van der Waals surface area contributed by atoms with Gasteiger partial charge in [0.25, 0.3) is 0 Å². The maximum atomic E-state index is 12.1. The molecule has 100 valence electrons. The Labute approximate surface area is 106 Å². The van der Waals surface area contributed by atoms with Crippen LogP contribution in [0.1, 0.15) is 46.0 Å². The monoisotopic (exact) mass is 241 g/mol. The molecule has 0 spiro atoms. The molecule has 0 bridgehead atoms. The van der Waals surface area contributed by atoms with Gasteiger partial charge in [-0.1, -0.05) is 26.2 Å². The normalized spacial score (nSPS) is 17.6. The zero-order valence-corrected chi connectivity index (χ0v) is 11.4. The van der Waals surface area contributed by atoms with Crippen LogP contribution in [0.3, 0.4) is 0 Å². The molecule has 0 aromatic rings. The fraction of sp³-hybridized carbons (Fsp3) is 0.929. The number of hydrogen-bond acceptors (Lipinski definition) is 3. The van der Waals surface area contributed by atoms with E-state index in [1.165, 1.54) is 19.3 Å². The Morgan fingerprint density at radius 2 is 1.94 bits per heavy atom. The summed E-state index contributed by atoms with van der Waals surface area (Å²) in [6, 6.07) is 0. The zero-order chi connectivity index (χ0) is 12.5. The van der Waals surface area contributed by atoms with Crippen LogP contribution in [0.15, 0.2) is 0 Å². The van der Waals surface area contributed by atoms with Gasteiger partial charge in [-0.2, -0.15) is 0 Å². The highest BCUT2D eigenvalue weighted by Crippen LogP contribution is 2.24. The molecule has 1 aliphatic rings. The van der Waals surface area contributed by atoms with E-state index in [1.54, 1.807) is 0 Å². The molecule has 0 saturated heterocycles. The summed E-state index contributed by atoms with van der Waals surface area (Å²) < 4.78 is 5.34. The van der Waals surface area contributed by atoms with Crippen molar-refractivity contribution in [3.05, 3.63) is 0 Å². The van der Waals surface area contributed by atoms with Crippen LogP contribution in [0, 0.1) is 5.92 Å². The number of Topliss-reactive ketones (excluding diaryl/α,β-unsaturated/α-hetero) is 1. The van der Waals surface area contributed by atoms with Crippen molar-refractivity contribution in [3.63, 3.8) is 0 Å². The lowest BCUT2D eigenvalue weighted by Gasteiger charge is -2.25. The van der Waals surface area contributed by atoms with Crippen molar-refractivity contribution in [2.45, 2.75) is 46.0 Å². The summed E-state index contributed by atoms with van der Waals surface area (Å²) >= 11 is 0. The van der Waals surface area contributed by atoms with Crippen molar-refractivity contribution in [1.29, 1.82) is 0 Å². The summed E-state index contributed by atoms with van der Waals surface area (Å²) in [6.07, 6.45) is 6.01. The highest BCUT2D eigenvalue weighted by molar-refractivity contribution is 5.83. The van der Waals surface area contributed by atoms with Crippen LogP contribution < -0.4 is 0 Å². The van der Waals surface area contributed by atoms with E-state index in [0.29, 0.717) is 18.2 Å². The number of ether oxygens (including phenoxy) is 1. The van der Waals surface area contributed by atoms with Gasteiger partial charge in [-0.15, -0.1) is 0 Å². The highest BCUT2D eigenvalue weighted by atomic mass is 16.5. The van der Waals surface area contributed by atoms with Crippen molar-refractivity contribution < 1.29 is 9.53 Å². The maximum Gasteiger partial charge on any atom is 0.149 e. The molecule has 1 saturated carbocycles. The molecule has 0 heterocycles. The molecular weight excluding hydrogens is 214 g/mol. The van der Waals surface area contributed by atoms with Crippen LogP contribution in [0.4, 0.5) is 0 Å². The van der Waals surface area contributed by atoms with Crippen molar-refractivity contribution in [2.24, 2.45) is 5.92 Å². The van der Waals surface area contributed by atoms with Gasteiger partial charge in [0.1, 0.15) is 5.78 Å². The third kappa shape index (κ3) is 5.64. The minimum atomic E-state index is 0.338. The molecule has 1 fully saturated rings. The number of rotatable bonds is 8. The van der Waals surface area contributed by atoms with Gasteiger partial charge in [0.2, 0.25) is 0 Å². The Hall–Kier alpha value is -0.410. The molecule has 17 heavy (non-hydrogen) atoms. The van der Waals surface area contributed by atoms with Crippen molar-refractivity contribution in [3.8, 4) is 0 Å². The molecule has 1 rings (SSSR count). The van der Waals surface area contributed by atoms with Gasteiger partial charge in [0.15, 0.2) is 0 Å². The minimum Gasteiger partial charge on any atom is -0.380 e. The highest BCUT2D eigenvalue weighted by Gasteiger charge is 2.22. The quantitative estimate of drug-likeness (QED) is 0.611. The second kappa shape index (κ2) is 8.65. The van der Waals surface area contributed by atoms with Crippen molar-refractivity contribution >= 4 is 5.78 Å². The Morgan fingerprint density at radius 1 is 1.24 bits per heavy atom. The fourth-order valence-corrected chi connectivity index (χ4v) is 2.46. The second-order valence-electron chi connectivity index (χ2n) is 4.87. The number of nitrogens with zero attached hydrogens (tertiary/aromatic N) is 1. The lowest BCUT2D eigenvalue weighted by atomic mass is 9.86. The predicted octanol–water partition coefficient (Wildman–Crippen LogP) is 2.49. The standard InChI is InChI=1S/C14H27NO2/c1-3-15(10-11-17-4-2)12-14(16)13-8-6-5-7-9-13/h13H,3-12H2,1-2H3. The first-order chi connectivity index (χ1) is 8.27. The molecule has 0 aromatic carbocycles. The Kier molecular flexibility index (Phi) is 7.45. The number of carbonyl (C=O) groups excluding carboxylic acids is 1. The fourth-order valence-electron chi connectivity index (χ4n) is 2.46. The van der Waals surface area contributed by atoms with Crippen molar-refractivity contribution in [1.82, 2.24) is 4.90 Å². The SMILES string of the molecule is CCOCCN(CC)CC(=O)C1CCCCC1. The molecule has 0 amide bonds. The molecule has 1 aliphatic carbocycles. The lowest BCUT2D eigenvalue weighted by molar-refractivity contribution is -0.125. The molecule has 3 nitrogen and oxygen atoms in total. The van der Waals surface area contributed by atoms with E-state index in [0.717, 1.165) is 39.1 Å². The van der Waals surface area contributed by atoms with E-state index in [1.807, 2.05) is 6.92 Å². The van der Waals surface area contributed by atoms with Crippen LogP contribution in [0.2, 0.25) is 0 Å². The van der Waals surface area contributed by atoms with E-state index in [4.69, 9.17) is 4.74 Å². The van der Waals surface area contributed by atoms with Crippen LogP contribution in [-0.4, -0.2) is 43.5 Å². The largest absolute Gasteiger partial charge is 0.380 e. The summed E-state index contributed by atoms with van der Waals surface area (Å²) in [5, 5.41) is 0. The molecule has 0 radical (unpaired) electrons. The number of ketones is 1. The van der Waals surface area contributed by atoms with Crippen LogP contribution in [0.25, 0.3) is 0 Å². The summed E-state index contributed by atoms with van der Waals surface area (Å²) in [6.45, 7) is 8.04. The summed E-state index contributed by atoms with van der Waals surface area (Å²) in [7, 11) is 0. The molecule has 0 unspecified atom stereocenters. The van der Waals surface area contributed by atoms with Crippen molar-refractivity contribution in [2.75, 3.05) is 32.8 Å². The molecule has 0 aliphatic heterocycles. The average molecular weight is 241 g/mol. The summed E-state index contributed by atoms with van der Waals surface area (Å²) in [5.41, 5.74) is 0. The maximum absolute atomic E-state index is 12.1. The third-order valence-corrected chi connectivity index (χ3v) is 3.64. The Morgan fingerprint density at radius 3 is 2.53 bits per heavy atom.